The van der Waals surface area contributed by atoms with E-state index < -0.39 is 0 Å². The van der Waals surface area contributed by atoms with E-state index in [1.807, 2.05) is 4.57 Å². The van der Waals surface area contributed by atoms with Crippen LogP contribution in [0.4, 0.5) is 0 Å². The molecule has 0 aliphatic carbocycles. The molecule has 1 N–H and O–H groups in total. The van der Waals surface area contributed by atoms with Crippen molar-refractivity contribution in [3.05, 3.63) is 42.2 Å². The molecule has 10 nitrogen and oxygen atoms in total. The van der Waals surface area contributed by atoms with Gasteiger partial charge in [-0.25, -0.2) is 0 Å². The van der Waals surface area contributed by atoms with Gasteiger partial charge >= 0.3 is 0 Å². The highest BCUT2D eigenvalue weighted by atomic mass is 32.2. The summed E-state index contributed by atoms with van der Waals surface area (Å²) >= 11 is 1.32. The van der Waals surface area contributed by atoms with Crippen LogP contribution in [-0.4, -0.2) is 77.8 Å². The van der Waals surface area contributed by atoms with E-state index in [0.717, 1.165) is 0 Å². The zero-order valence-corrected chi connectivity index (χ0v) is 19.0. The summed E-state index contributed by atoms with van der Waals surface area (Å²) in [6, 6.07) is 4.94. The number of aromatic nitrogens is 3. The molecule has 2 aromatic rings. The Balaban J connectivity index is 1.62. The van der Waals surface area contributed by atoms with E-state index in [2.05, 4.69) is 22.1 Å². The molecule has 0 bridgehead atoms. The number of benzene rings is 1. The van der Waals surface area contributed by atoms with Crippen LogP contribution in [0, 0.1) is 0 Å². The van der Waals surface area contributed by atoms with Crippen LogP contribution in [0.15, 0.2) is 36.0 Å². The highest BCUT2D eigenvalue weighted by Crippen LogP contribution is 2.27. The average Bonchev–Trinajstić information content (AvgIpc) is 3.22. The molecule has 1 fully saturated rings. The maximum absolute atomic E-state index is 12.6. The van der Waals surface area contributed by atoms with Crippen LogP contribution in [0.3, 0.4) is 0 Å². The Kier molecular flexibility index (Phi) is 8.51. The molecule has 2 amide bonds. The highest BCUT2D eigenvalue weighted by Gasteiger charge is 2.19. The number of thioether (sulfide) groups is 1. The minimum atomic E-state index is -0.282. The molecule has 0 spiro atoms. The molecule has 0 radical (unpaired) electrons. The Morgan fingerprint density at radius 2 is 1.97 bits per heavy atom. The van der Waals surface area contributed by atoms with Gasteiger partial charge in [0.25, 0.3) is 5.91 Å². The Morgan fingerprint density at radius 3 is 2.66 bits per heavy atom. The van der Waals surface area contributed by atoms with Gasteiger partial charge in [-0.15, -0.1) is 16.8 Å². The zero-order chi connectivity index (χ0) is 22.9. The number of nitrogens with zero attached hydrogens (tertiary/aromatic N) is 4. The van der Waals surface area contributed by atoms with Crippen molar-refractivity contribution in [2.45, 2.75) is 18.2 Å². The molecule has 3 rings (SSSR count). The molecule has 0 atom stereocenters. The number of methoxy groups -OCH3 is 2. The van der Waals surface area contributed by atoms with E-state index in [4.69, 9.17) is 14.2 Å². The maximum atomic E-state index is 12.6. The van der Waals surface area contributed by atoms with Gasteiger partial charge in [-0.2, -0.15) is 0 Å². The van der Waals surface area contributed by atoms with Crippen LogP contribution < -0.4 is 14.8 Å². The van der Waals surface area contributed by atoms with Gasteiger partial charge in [0.05, 0.1) is 39.7 Å². The third kappa shape index (κ3) is 5.80. The number of amides is 2. The van der Waals surface area contributed by atoms with Crippen LogP contribution in [0.5, 0.6) is 11.5 Å². The van der Waals surface area contributed by atoms with E-state index in [0.29, 0.717) is 60.9 Å². The summed E-state index contributed by atoms with van der Waals surface area (Å²) in [5, 5.41) is 11.8. The zero-order valence-electron chi connectivity index (χ0n) is 18.2. The number of morpholine rings is 1. The molecule has 1 aliphatic heterocycles. The monoisotopic (exact) mass is 461 g/mol. The molecule has 1 aliphatic rings. The normalized spacial score (nSPS) is 13.5. The minimum Gasteiger partial charge on any atom is -0.493 e. The van der Waals surface area contributed by atoms with Crippen LogP contribution in [0.25, 0.3) is 0 Å². The number of allylic oxidation sites excluding steroid dienone is 1. The van der Waals surface area contributed by atoms with E-state index >= 15 is 0 Å². The first-order valence-electron chi connectivity index (χ1n) is 10.1. The standard InChI is InChI=1S/C21H27N5O5S/c1-4-7-26-18(13-22-20(28)15-5-6-16(29-2)17(12-15)30-3)23-24-21(26)32-14-19(27)25-8-10-31-11-9-25/h4-6,12H,1,7-11,13-14H2,2-3H3,(H,22,28). The van der Waals surface area contributed by atoms with Crippen molar-refractivity contribution in [3.63, 3.8) is 0 Å². The largest absolute Gasteiger partial charge is 0.493 e. The van der Waals surface area contributed by atoms with Crippen molar-refractivity contribution in [1.82, 2.24) is 25.0 Å². The van der Waals surface area contributed by atoms with Crippen molar-refractivity contribution in [1.29, 1.82) is 0 Å². The second-order valence-corrected chi connectivity index (χ2v) is 7.77. The number of nitrogens with one attached hydrogen (secondary N) is 1. The van der Waals surface area contributed by atoms with Gasteiger partial charge in [0.1, 0.15) is 0 Å². The Morgan fingerprint density at radius 1 is 1.22 bits per heavy atom. The predicted octanol–water partition coefficient (Wildman–Crippen LogP) is 1.36. The maximum Gasteiger partial charge on any atom is 0.251 e. The first kappa shape index (κ1) is 23.6. The van der Waals surface area contributed by atoms with Crippen molar-refractivity contribution < 1.29 is 23.8 Å². The van der Waals surface area contributed by atoms with Crippen molar-refractivity contribution >= 4 is 23.6 Å². The van der Waals surface area contributed by atoms with E-state index in [1.165, 1.54) is 26.0 Å². The number of carbonyl (C=O) groups excluding carboxylic acids is 2. The van der Waals surface area contributed by atoms with Gasteiger partial charge in [0.2, 0.25) is 5.91 Å². The molecule has 1 aromatic carbocycles. The van der Waals surface area contributed by atoms with Crippen LogP contribution >= 0.6 is 11.8 Å². The van der Waals surface area contributed by atoms with Gasteiger partial charge in [0, 0.05) is 25.2 Å². The summed E-state index contributed by atoms with van der Waals surface area (Å²) in [5.74, 6) is 1.60. The molecule has 2 heterocycles. The van der Waals surface area contributed by atoms with Crippen molar-refractivity contribution in [2.75, 3.05) is 46.3 Å². The van der Waals surface area contributed by atoms with Crippen molar-refractivity contribution in [2.24, 2.45) is 0 Å². The summed E-state index contributed by atoms with van der Waals surface area (Å²) in [6.07, 6.45) is 1.72. The SMILES string of the molecule is C=CCn1c(CNC(=O)c2ccc(OC)c(OC)c2)nnc1SCC(=O)N1CCOCC1. The van der Waals surface area contributed by atoms with E-state index in [9.17, 15) is 9.59 Å². The summed E-state index contributed by atoms with van der Waals surface area (Å²) < 4.78 is 17.6. The molecule has 1 saturated heterocycles. The summed E-state index contributed by atoms with van der Waals surface area (Å²) in [4.78, 5) is 26.8. The molecule has 0 unspecified atom stereocenters. The lowest BCUT2D eigenvalue weighted by Crippen LogP contribution is -2.41. The second-order valence-electron chi connectivity index (χ2n) is 6.83. The number of rotatable bonds is 10. The van der Waals surface area contributed by atoms with E-state index in [1.54, 1.807) is 29.2 Å². The first-order chi connectivity index (χ1) is 15.6. The van der Waals surface area contributed by atoms with Gasteiger partial charge < -0.3 is 29.0 Å². The number of hydrogen-bond acceptors (Lipinski definition) is 8. The fraction of sp³-hybridized carbons (Fsp3) is 0.429. The predicted molar refractivity (Wildman–Crippen MR) is 119 cm³/mol. The smallest absolute Gasteiger partial charge is 0.251 e. The number of hydrogen-bond donors (Lipinski definition) is 1. The van der Waals surface area contributed by atoms with Crippen LogP contribution in [-0.2, 0) is 22.6 Å². The van der Waals surface area contributed by atoms with Gasteiger partial charge in [0.15, 0.2) is 22.5 Å². The average molecular weight is 462 g/mol. The Hall–Kier alpha value is -3.05. The highest BCUT2D eigenvalue weighted by molar-refractivity contribution is 7.99. The molecule has 32 heavy (non-hydrogen) atoms. The van der Waals surface area contributed by atoms with Gasteiger partial charge in [-0.05, 0) is 18.2 Å². The number of carbonyl (C=O) groups is 2. The topological polar surface area (TPSA) is 108 Å². The molecule has 172 valence electrons. The van der Waals surface area contributed by atoms with Gasteiger partial charge in [-0.3, -0.25) is 9.59 Å². The van der Waals surface area contributed by atoms with Gasteiger partial charge in [-0.1, -0.05) is 17.8 Å². The molecule has 1 aromatic heterocycles. The first-order valence-corrected chi connectivity index (χ1v) is 11.1. The lowest BCUT2D eigenvalue weighted by atomic mass is 10.2. The summed E-state index contributed by atoms with van der Waals surface area (Å²) in [7, 11) is 3.05. The quantitative estimate of drug-likeness (QED) is 0.418. The Labute approximate surface area is 190 Å². The molecule has 11 heteroatoms. The minimum absolute atomic E-state index is 0.0368. The lowest BCUT2D eigenvalue weighted by molar-refractivity contribution is -0.132. The Bertz CT molecular complexity index is 958. The van der Waals surface area contributed by atoms with Crippen LogP contribution in [0.1, 0.15) is 16.2 Å². The lowest BCUT2D eigenvalue weighted by Gasteiger charge is -2.26. The van der Waals surface area contributed by atoms with E-state index in [-0.39, 0.29) is 24.1 Å². The third-order valence-electron chi connectivity index (χ3n) is 4.85. The fourth-order valence-corrected chi connectivity index (χ4v) is 4.01. The summed E-state index contributed by atoms with van der Waals surface area (Å²) in [6.45, 7) is 6.74. The fourth-order valence-electron chi connectivity index (χ4n) is 3.14. The third-order valence-corrected chi connectivity index (χ3v) is 5.80. The summed E-state index contributed by atoms with van der Waals surface area (Å²) in [5.41, 5.74) is 0.433. The molecular weight excluding hydrogens is 434 g/mol. The molecular formula is C21H27N5O5S. The second kappa shape index (κ2) is 11.5. The number of ether oxygens (including phenoxy) is 3. The molecule has 0 saturated carbocycles. The van der Waals surface area contributed by atoms with Crippen LogP contribution in [0.2, 0.25) is 0 Å². The van der Waals surface area contributed by atoms with Crippen molar-refractivity contribution in [3.8, 4) is 11.5 Å².